The van der Waals surface area contributed by atoms with Gasteiger partial charge in [-0.3, -0.25) is 43.3 Å². The summed E-state index contributed by atoms with van der Waals surface area (Å²) in [6.07, 6.45) is -1.36. The Morgan fingerprint density at radius 3 is 2.14 bits per heavy atom. The molecule has 1 saturated carbocycles. The third kappa shape index (κ3) is 14.0. The number of hydrogen-bond donors (Lipinski definition) is 8. The molecule has 1 unspecified atom stereocenters. The highest BCUT2D eigenvalue weighted by atomic mass is 32.1. The van der Waals surface area contributed by atoms with Gasteiger partial charge in [0, 0.05) is 65.0 Å². The number of carbonyl (C=O) groups excluding carboxylic acids is 6. The van der Waals surface area contributed by atoms with E-state index in [0.29, 0.717) is 68.7 Å². The van der Waals surface area contributed by atoms with Crippen molar-refractivity contribution < 1.29 is 58.4 Å². The lowest BCUT2D eigenvalue weighted by Gasteiger charge is -2.34. The van der Waals surface area contributed by atoms with Crippen molar-refractivity contribution in [1.82, 2.24) is 61.5 Å². The van der Waals surface area contributed by atoms with Gasteiger partial charge in [0.2, 0.25) is 17.7 Å². The highest BCUT2D eigenvalue weighted by Crippen LogP contribution is 2.42. The summed E-state index contributed by atoms with van der Waals surface area (Å²) >= 11 is 6.99. The number of carboxylic acids is 2. The standard InChI is InChI=1S/C57H57N13O12S6/c1-25(2)41-55-69-44(36(88-55)20-82-5)48(77)59-19-39(72)66-45(46(75)27-10-7-6-8-11-27)54-64-35(23-85-54)52-62-33(21-84-52)43-30(50-63-34(22-83-50)47(76)61-32(18-38(71)58-4)53-68-42(26(3)87-53)49(78)67-41)13-14-31(60-43)51-65-37(24-86-51)70(15-9-12-40(73)74)56(79)28-16-29(17-28)57(80)81/h6-8,10-11,13-14,21-25,28-29,32,41,45-46,75H,9,12,15-20H2,1-5H3,(H,58,71)(H,59,77)(H,61,76)(H,66,72)(H,67,78)(H,73,74)(H,80,81)/t28?,29?,32-,41?,45-,46-/m0/s1. The van der Waals surface area contributed by atoms with E-state index in [1.807, 2.05) is 13.8 Å². The molecule has 1 fully saturated rings. The van der Waals surface area contributed by atoms with Crippen LogP contribution in [0.5, 0.6) is 0 Å². The second-order valence-corrected chi connectivity index (χ2v) is 26.7. The zero-order valence-corrected chi connectivity index (χ0v) is 52.5. The molecule has 10 bridgehead atoms. The van der Waals surface area contributed by atoms with E-state index in [4.69, 9.17) is 29.7 Å². The fourth-order valence-corrected chi connectivity index (χ4v) is 15.2. The number of pyridine rings is 1. The number of amides is 6. The first-order valence-electron chi connectivity index (χ1n) is 27.5. The van der Waals surface area contributed by atoms with Crippen LogP contribution in [0.2, 0.25) is 0 Å². The van der Waals surface area contributed by atoms with Gasteiger partial charge in [-0.05, 0) is 49.8 Å². The maximum Gasteiger partial charge on any atom is 0.306 e. The number of thiazole rings is 6. The summed E-state index contributed by atoms with van der Waals surface area (Å²) in [5.41, 5.74) is 2.34. The van der Waals surface area contributed by atoms with Crippen LogP contribution in [0.15, 0.2) is 64.0 Å². The molecule has 0 radical (unpaired) electrons. The molecule has 6 amide bonds. The maximum absolute atomic E-state index is 14.4. The van der Waals surface area contributed by atoms with E-state index in [1.54, 1.807) is 70.9 Å². The van der Waals surface area contributed by atoms with Crippen molar-refractivity contribution in [3.63, 3.8) is 0 Å². The number of ether oxygens (including phenoxy) is 1. The Morgan fingerprint density at radius 2 is 1.41 bits per heavy atom. The van der Waals surface area contributed by atoms with Gasteiger partial charge in [-0.2, -0.15) is 0 Å². The van der Waals surface area contributed by atoms with Crippen molar-refractivity contribution >= 4 is 121 Å². The lowest BCUT2D eigenvalue weighted by molar-refractivity contribution is -0.148. The highest BCUT2D eigenvalue weighted by Gasteiger charge is 2.42. The number of fused-ring (bicyclic) bond motifs is 14. The van der Waals surface area contributed by atoms with E-state index in [-0.39, 0.29) is 85.0 Å². The quantitative estimate of drug-likeness (QED) is 0.0489. The van der Waals surface area contributed by atoms with Gasteiger partial charge in [0.05, 0.1) is 48.1 Å². The summed E-state index contributed by atoms with van der Waals surface area (Å²) in [7, 11) is 2.92. The number of aliphatic carboxylic acids is 2. The van der Waals surface area contributed by atoms with Crippen molar-refractivity contribution in [1.29, 1.82) is 0 Å². The van der Waals surface area contributed by atoms with Gasteiger partial charge in [-0.15, -0.1) is 68.0 Å². The van der Waals surface area contributed by atoms with Crippen molar-refractivity contribution in [2.24, 2.45) is 17.8 Å². The molecule has 88 heavy (non-hydrogen) atoms. The number of carbonyl (C=O) groups is 8. The molecule has 25 nitrogen and oxygen atoms in total. The fourth-order valence-electron chi connectivity index (χ4n) is 9.67. The van der Waals surface area contributed by atoms with Crippen LogP contribution < -0.4 is 31.5 Å². The van der Waals surface area contributed by atoms with Gasteiger partial charge < -0.3 is 46.6 Å². The first kappa shape index (κ1) is 62.9. The molecule has 0 saturated heterocycles. The number of aliphatic hydroxyl groups is 1. The van der Waals surface area contributed by atoms with E-state index >= 15 is 0 Å². The molecule has 4 atom stereocenters. The Kier molecular flexibility index (Phi) is 19.6. The summed E-state index contributed by atoms with van der Waals surface area (Å²) in [6, 6.07) is 9.25. The largest absolute Gasteiger partial charge is 0.481 e. The smallest absolute Gasteiger partial charge is 0.306 e. The van der Waals surface area contributed by atoms with Crippen LogP contribution in [0.1, 0.15) is 132 Å². The van der Waals surface area contributed by atoms with Gasteiger partial charge in [0.15, 0.2) is 0 Å². The first-order valence-corrected chi connectivity index (χ1v) is 32.6. The minimum Gasteiger partial charge on any atom is -0.481 e. The number of aliphatic hydroxyl groups excluding tert-OH is 1. The fraction of sp³-hybridized carbons (Fsp3) is 0.351. The van der Waals surface area contributed by atoms with E-state index in [2.05, 4.69) is 36.6 Å². The van der Waals surface area contributed by atoms with E-state index in [1.165, 1.54) is 41.7 Å². The predicted molar refractivity (Wildman–Crippen MR) is 330 cm³/mol. The number of aromatic nitrogens is 7. The minimum absolute atomic E-state index is 0.0112. The molecule has 10 rings (SSSR count). The second kappa shape index (κ2) is 27.5. The van der Waals surface area contributed by atoms with Gasteiger partial charge >= 0.3 is 11.9 Å². The molecule has 458 valence electrons. The number of carboxylic acid groups (broad SMARTS) is 2. The number of anilines is 1. The van der Waals surface area contributed by atoms with Gasteiger partial charge in [-0.25, -0.2) is 34.9 Å². The molecular formula is C57H57N13O12S6. The van der Waals surface area contributed by atoms with Crippen LogP contribution in [-0.4, -0.2) is 125 Å². The lowest BCUT2D eigenvalue weighted by atomic mass is 9.74. The van der Waals surface area contributed by atoms with E-state index in [0.717, 1.165) is 45.3 Å². The first-order chi connectivity index (χ1) is 42.3. The lowest BCUT2D eigenvalue weighted by Crippen LogP contribution is -2.44. The number of benzene rings is 1. The Morgan fingerprint density at radius 1 is 0.705 bits per heavy atom. The monoisotopic (exact) mass is 1310 g/mol. The van der Waals surface area contributed by atoms with Gasteiger partial charge in [0.1, 0.15) is 82.2 Å². The van der Waals surface area contributed by atoms with Crippen molar-refractivity contribution in [2.75, 3.05) is 32.1 Å². The van der Waals surface area contributed by atoms with E-state index < -0.39 is 84.1 Å². The molecule has 8 heterocycles. The van der Waals surface area contributed by atoms with Gasteiger partial charge in [0.25, 0.3) is 17.7 Å². The summed E-state index contributed by atoms with van der Waals surface area (Å²) in [6.45, 7) is 4.91. The van der Waals surface area contributed by atoms with Gasteiger partial charge in [-0.1, -0.05) is 44.2 Å². The third-order valence-electron chi connectivity index (χ3n) is 14.4. The van der Waals surface area contributed by atoms with Crippen LogP contribution in [0, 0.1) is 24.7 Å². The maximum atomic E-state index is 14.4. The predicted octanol–water partition coefficient (Wildman–Crippen LogP) is 7.62. The topological polar surface area (TPSA) is 360 Å². The van der Waals surface area contributed by atoms with Crippen molar-refractivity contribution in [3.05, 3.63) is 111 Å². The molecule has 2 aliphatic rings. The van der Waals surface area contributed by atoms with Crippen LogP contribution in [-0.2, 0) is 35.3 Å². The number of nitrogens with one attached hydrogen (secondary N) is 5. The number of nitrogens with zero attached hydrogens (tertiary/aromatic N) is 8. The minimum atomic E-state index is -1.31. The molecule has 8 aromatic rings. The summed E-state index contributed by atoms with van der Waals surface area (Å²) in [5.74, 6) is -6.66. The number of rotatable bonds is 15. The summed E-state index contributed by atoms with van der Waals surface area (Å²) in [4.78, 5) is 143. The Bertz CT molecular complexity index is 3940. The SMILES string of the molecule is CNC(=O)C[C@@H]1NC(=O)c2csc(n2)-c2ccc(-c3nc(N(CCCC(=O)O)C(=O)C4CC(C(=O)O)C4)cs3)nc2-c2csc(n2)-c2csc(n2)[C@H]([C@@H](O)c2ccccc2)NC(=O)CNC(=O)c2nc(sc2COC)C(C(C)C)NC(=O)c2nc1sc2C. The number of hydrogen-bond acceptors (Lipinski definition) is 23. The zero-order chi connectivity index (χ0) is 62.5. The highest BCUT2D eigenvalue weighted by molar-refractivity contribution is 7.15. The molecule has 1 aliphatic carbocycles. The van der Waals surface area contributed by atoms with Crippen LogP contribution in [0.4, 0.5) is 5.82 Å². The van der Waals surface area contributed by atoms with Crippen LogP contribution >= 0.6 is 68.0 Å². The Labute approximate surface area is 526 Å². The van der Waals surface area contributed by atoms with Crippen molar-refractivity contribution in [2.45, 2.75) is 83.7 Å². The number of aryl methyl sites for hydroxylation is 1. The molecule has 1 aliphatic heterocycles. The molecule has 31 heteroatoms. The number of methoxy groups -OCH3 is 1. The Balaban J connectivity index is 1.05. The molecule has 0 spiro atoms. The van der Waals surface area contributed by atoms with E-state index in [9.17, 15) is 53.7 Å². The zero-order valence-electron chi connectivity index (χ0n) is 47.6. The summed E-state index contributed by atoms with van der Waals surface area (Å²) in [5, 5.41) is 53.8. The molecular weight excluding hydrogens is 1250 g/mol. The average molecular weight is 1310 g/mol. The average Bonchev–Trinajstić information content (AvgIpc) is 3.33. The Hall–Kier alpha value is -8.17. The summed E-state index contributed by atoms with van der Waals surface area (Å²) < 4.78 is 5.45. The normalized spacial score (nSPS) is 18.5. The molecule has 7 aromatic heterocycles. The van der Waals surface area contributed by atoms with Crippen molar-refractivity contribution in [3.8, 4) is 43.4 Å². The molecule has 8 N–H and O–H groups in total. The van der Waals surface area contributed by atoms with Crippen LogP contribution in [0.3, 0.4) is 0 Å². The van der Waals surface area contributed by atoms with Crippen LogP contribution in [0.25, 0.3) is 43.4 Å². The second-order valence-electron chi connectivity index (χ2n) is 20.8. The third-order valence-corrected chi connectivity index (χ3v) is 20.1. The molecule has 1 aromatic carbocycles.